The fraction of sp³-hybridized carbons (Fsp3) is 0.412. The minimum absolute atomic E-state index is 0.208. The van der Waals surface area contributed by atoms with Crippen LogP contribution in [-0.2, 0) is 7.05 Å². The molecule has 5 nitrogen and oxygen atoms in total. The first-order chi connectivity index (χ1) is 10.6. The van der Waals surface area contributed by atoms with Crippen LogP contribution in [-0.4, -0.2) is 35.6 Å². The number of hydrogen-bond acceptors (Lipinski definition) is 4. The number of nitrogens with one attached hydrogen (secondary N) is 1. The maximum atomic E-state index is 12.4. The number of benzene rings is 1. The van der Waals surface area contributed by atoms with Crippen LogP contribution in [0.1, 0.15) is 18.4 Å². The monoisotopic (exact) mass is 296 g/mol. The van der Waals surface area contributed by atoms with E-state index in [-0.39, 0.29) is 11.1 Å². The third kappa shape index (κ3) is 2.46. The van der Waals surface area contributed by atoms with Crippen molar-refractivity contribution in [3.8, 4) is 6.07 Å². The second-order valence-corrected chi connectivity index (χ2v) is 5.97. The first kappa shape index (κ1) is 14.6. The molecule has 0 aliphatic carbocycles. The van der Waals surface area contributed by atoms with E-state index in [1.54, 1.807) is 11.6 Å². The summed E-state index contributed by atoms with van der Waals surface area (Å²) in [6.07, 6.45) is 2.04. The van der Waals surface area contributed by atoms with Gasteiger partial charge in [-0.2, -0.15) is 5.26 Å². The number of nitriles is 1. The summed E-state index contributed by atoms with van der Waals surface area (Å²) in [6.45, 7) is 2.06. The number of para-hydroxylation sites is 1. The Hall–Kier alpha value is -2.32. The lowest BCUT2D eigenvalue weighted by Crippen LogP contribution is -2.37. The highest BCUT2D eigenvalue weighted by molar-refractivity contribution is 5.94. The van der Waals surface area contributed by atoms with Gasteiger partial charge in [-0.3, -0.25) is 4.79 Å². The molecule has 0 bridgehead atoms. The topological polar surface area (TPSA) is 61.1 Å². The number of hydrogen-bond donors (Lipinski definition) is 1. The molecular weight excluding hydrogens is 276 g/mol. The Morgan fingerprint density at radius 3 is 2.59 bits per heavy atom. The zero-order valence-corrected chi connectivity index (χ0v) is 13.0. The number of pyridine rings is 1. The lowest BCUT2D eigenvalue weighted by Gasteiger charge is -2.30. The Morgan fingerprint density at radius 1 is 1.23 bits per heavy atom. The average molecular weight is 296 g/mol. The molecule has 1 saturated heterocycles. The first-order valence-corrected chi connectivity index (χ1v) is 7.58. The molecule has 0 saturated carbocycles. The van der Waals surface area contributed by atoms with Gasteiger partial charge in [0, 0.05) is 18.5 Å². The standard InChI is InChI=1S/C17H20N4O/c1-20-9-7-12(8-10-20)19-16-13-5-3-4-6-15(13)21(2)17(22)14(16)11-18/h3-6,12,19H,7-10H2,1-2H3. The minimum atomic E-state index is -0.239. The molecule has 2 heterocycles. The first-order valence-electron chi connectivity index (χ1n) is 7.58. The Kier molecular flexibility index (Phi) is 3.86. The molecule has 0 radical (unpaired) electrons. The number of anilines is 1. The van der Waals surface area contributed by atoms with Crippen molar-refractivity contribution in [3.63, 3.8) is 0 Å². The predicted molar refractivity (Wildman–Crippen MR) is 88.0 cm³/mol. The largest absolute Gasteiger partial charge is 0.380 e. The molecule has 1 aromatic carbocycles. The Labute approximate surface area is 129 Å². The van der Waals surface area contributed by atoms with Crippen LogP contribution >= 0.6 is 0 Å². The second kappa shape index (κ2) is 5.82. The highest BCUT2D eigenvalue weighted by atomic mass is 16.1. The van der Waals surface area contributed by atoms with E-state index in [1.807, 2.05) is 24.3 Å². The highest BCUT2D eigenvalue weighted by Gasteiger charge is 2.21. The van der Waals surface area contributed by atoms with E-state index >= 15 is 0 Å². The molecule has 3 rings (SSSR count). The smallest absolute Gasteiger partial charge is 0.270 e. The quantitative estimate of drug-likeness (QED) is 0.919. The lowest BCUT2D eigenvalue weighted by atomic mass is 10.0. The summed E-state index contributed by atoms with van der Waals surface area (Å²) in [5.74, 6) is 0. The lowest BCUT2D eigenvalue weighted by molar-refractivity contribution is 0.264. The molecule has 0 spiro atoms. The molecule has 2 aromatic rings. The molecule has 114 valence electrons. The van der Waals surface area contributed by atoms with Gasteiger partial charge in [-0.25, -0.2) is 0 Å². The van der Waals surface area contributed by atoms with Gasteiger partial charge in [0.25, 0.3) is 5.56 Å². The van der Waals surface area contributed by atoms with Crippen LogP contribution in [0.2, 0.25) is 0 Å². The number of rotatable bonds is 2. The van der Waals surface area contributed by atoms with Crippen LogP contribution < -0.4 is 10.9 Å². The zero-order valence-electron chi connectivity index (χ0n) is 13.0. The maximum absolute atomic E-state index is 12.4. The number of likely N-dealkylation sites (tertiary alicyclic amines) is 1. The molecule has 1 aliphatic heterocycles. The van der Waals surface area contributed by atoms with Crippen molar-refractivity contribution < 1.29 is 0 Å². The van der Waals surface area contributed by atoms with E-state index in [0.717, 1.165) is 36.8 Å². The van der Waals surface area contributed by atoms with Gasteiger partial charge in [-0.05, 0) is 39.0 Å². The van der Waals surface area contributed by atoms with Crippen LogP contribution in [0, 0.1) is 11.3 Å². The van der Waals surface area contributed by atoms with E-state index in [1.165, 1.54) is 0 Å². The fourth-order valence-corrected chi connectivity index (χ4v) is 3.11. The normalized spacial score (nSPS) is 16.6. The van der Waals surface area contributed by atoms with Crippen LogP contribution in [0.25, 0.3) is 10.9 Å². The molecule has 1 fully saturated rings. The predicted octanol–water partition coefficient (Wildman–Crippen LogP) is 1.92. The number of piperidine rings is 1. The summed E-state index contributed by atoms with van der Waals surface area (Å²) in [5, 5.41) is 13.8. The maximum Gasteiger partial charge on any atom is 0.270 e. The van der Waals surface area contributed by atoms with Crippen molar-refractivity contribution in [1.29, 1.82) is 5.26 Å². The van der Waals surface area contributed by atoms with Crippen LogP contribution in [0.4, 0.5) is 5.69 Å². The van der Waals surface area contributed by atoms with E-state index < -0.39 is 0 Å². The molecule has 0 amide bonds. The van der Waals surface area contributed by atoms with Crippen LogP contribution in [0.5, 0.6) is 0 Å². The zero-order chi connectivity index (χ0) is 15.7. The Morgan fingerprint density at radius 2 is 1.91 bits per heavy atom. The fourth-order valence-electron chi connectivity index (χ4n) is 3.11. The summed E-state index contributed by atoms with van der Waals surface area (Å²) in [7, 11) is 3.83. The van der Waals surface area contributed by atoms with Crippen molar-refractivity contribution in [2.24, 2.45) is 7.05 Å². The molecule has 5 heteroatoms. The molecule has 0 unspecified atom stereocenters. The van der Waals surface area contributed by atoms with Crippen molar-refractivity contribution in [2.45, 2.75) is 18.9 Å². The van der Waals surface area contributed by atoms with Gasteiger partial charge in [0.05, 0.1) is 11.2 Å². The summed E-state index contributed by atoms with van der Waals surface area (Å²) in [5.41, 5.74) is 1.51. The average Bonchev–Trinajstić information content (AvgIpc) is 2.54. The summed E-state index contributed by atoms with van der Waals surface area (Å²) in [4.78, 5) is 14.7. The summed E-state index contributed by atoms with van der Waals surface area (Å²) < 4.78 is 1.55. The summed E-state index contributed by atoms with van der Waals surface area (Å²) >= 11 is 0. The van der Waals surface area contributed by atoms with Gasteiger partial charge in [0.15, 0.2) is 0 Å². The number of nitrogens with zero attached hydrogens (tertiary/aromatic N) is 3. The minimum Gasteiger partial charge on any atom is -0.380 e. The molecule has 22 heavy (non-hydrogen) atoms. The third-order valence-corrected chi connectivity index (χ3v) is 4.48. The van der Waals surface area contributed by atoms with Crippen molar-refractivity contribution in [1.82, 2.24) is 9.47 Å². The molecule has 0 atom stereocenters. The third-order valence-electron chi connectivity index (χ3n) is 4.48. The van der Waals surface area contributed by atoms with Crippen molar-refractivity contribution in [3.05, 3.63) is 40.2 Å². The number of aryl methyl sites for hydroxylation is 1. The molecule has 1 aromatic heterocycles. The van der Waals surface area contributed by atoms with Gasteiger partial charge in [0.1, 0.15) is 11.6 Å². The second-order valence-electron chi connectivity index (χ2n) is 5.97. The Bertz CT molecular complexity index is 795. The molecule has 1 aliphatic rings. The van der Waals surface area contributed by atoms with Crippen LogP contribution in [0.3, 0.4) is 0 Å². The highest BCUT2D eigenvalue weighted by Crippen LogP contribution is 2.26. The van der Waals surface area contributed by atoms with E-state index in [9.17, 15) is 10.1 Å². The van der Waals surface area contributed by atoms with Crippen molar-refractivity contribution in [2.75, 3.05) is 25.5 Å². The van der Waals surface area contributed by atoms with E-state index in [2.05, 4.69) is 23.3 Å². The van der Waals surface area contributed by atoms with Gasteiger partial charge in [0.2, 0.25) is 0 Å². The van der Waals surface area contributed by atoms with Gasteiger partial charge in [-0.15, -0.1) is 0 Å². The molecular formula is C17H20N4O. The Balaban J connectivity index is 2.10. The van der Waals surface area contributed by atoms with Crippen LogP contribution in [0.15, 0.2) is 29.1 Å². The van der Waals surface area contributed by atoms with Gasteiger partial charge >= 0.3 is 0 Å². The molecule has 1 N–H and O–H groups in total. The van der Waals surface area contributed by atoms with Gasteiger partial charge in [-0.1, -0.05) is 18.2 Å². The van der Waals surface area contributed by atoms with E-state index in [0.29, 0.717) is 11.7 Å². The van der Waals surface area contributed by atoms with Crippen molar-refractivity contribution >= 4 is 16.6 Å². The SMILES string of the molecule is CN1CCC(Nc2c(C#N)c(=O)n(C)c3ccccc23)CC1. The number of aromatic nitrogens is 1. The summed E-state index contributed by atoms with van der Waals surface area (Å²) in [6, 6.07) is 10.1. The van der Waals surface area contributed by atoms with E-state index in [4.69, 9.17) is 0 Å². The number of fused-ring (bicyclic) bond motifs is 1. The van der Waals surface area contributed by atoms with Gasteiger partial charge < -0.3 is 14.8 Å².